The minimum absolute atomic E-state index is 0.426. The molecule has 0 aliphatic heterocycles. The number of benzene rings is 1. The third-order valence-corrected chi connectivity index (χ3v) is 3.92. The van der Waals surface area contributed by atoms with Crippen molar-refractivity contribution in [3.8, 4) is 5.69 Å². The highest BCUT2D eigenvalue weighted by Crippen LogP contribution is 2.28. The molecule has 0 radical (unpaired) electrons. The number of hydrogen-bond acceptors (Lipinski definition) is 2. The Kier molecular flexibility index (Phi) is 6.12. The van der Waals surface area contributed by atoms with Gasteiger partial charge < -0.3 is 5.32 Å². The van der Waals surface area contributed by atoms with Gasteiger partial charge in [0.15, 0.2) is 0 Å². The molecule has 0 aliphatic rings. The molecule has 1 aromatic heterocycles. The highest BCUT2D eigenvalue weighted by atomic mass is 35.5. The smallest absolute Gasteiger partial charge is 0.106 e. The minimum atomic E-state index is 0.426. The molecule has 1 unspecified atom stereocenters. The maximum absolute atomic E-state index is 6.35. The summed E-state index contributed by atoms with van der Waals surface area (Å²) < 4.78 is 1.81. The molecule has 0 saturated carbocycles. The van der Waals surface area contributed by atoms with Crippen LogP contribution in [0.15, 0.2) is 36.7 Å². The number of rotatable bonds is 8. The fourth-order valence-corrected chi connectivity index (χ4v) is 2.74. The highest BCUT2D eigenvalue weighted by molar-refractivity contribution is 6.33. The van der Waals surface area contributed by atoms with Crippen molar-refractivity contribution in [3.05, 3.63) is 41.7 Å². The van der Waals surface area contributed by atoms with E-state index in [-0.39, 0.29) is 0 Å². The first kappa shape index (κ1) is 15.9. The standard InChI is InChI=1S/C17H24ClN3/c1-3-4-5-6-9-14(2)20-16-11-7-10-15(18)17(16)21-13-8-12-19-21/h7-8,10-14,20H,3-6,9H2,1-2H3. The van der Waals surface area contributed by atoms with Crippen LogP contribution in [0.2, 0.25) is 5.02 Å². The molecule has 0 amide bonds. The van der Waals surface area contributed by atoms with Crippen molar-refractivity contribution >= 4 is 17.3 Å². The Balaban J connectivity index is 2.05. The lowest BCUT2D eigenvalue weighted by Gasteiger charge is -2.19. The number of nitrogens with zero attached hydrogens (tertiary/aromatic N) is 2. The monoisotopic (exact) mass is 305 g/mol. The van der Waals surface area contributed by atoms with Crippen molar-refractivity contribution in [1.29, 1.82) is 0 Å². The van der Waals surface area contributed by atoms with Crippen LogP contribution in [-0.4, -0.2) is 15.8 Å². The first-order valence-electron chi connectivity index (χ1n) is 7.77. The molecular weight excluding hydrogens is 282 g/mol. The van der Waals surface area contributed by atoms with Crippen LogP contribution in [0.5, 0.6) is 0 Å². The number of aromatic nitrogens is 2. The highest BCUT2D eigenvalue weighted by Gasteiger charge is 2.11. The largest absolute Gasteiger partial charge is 0.381 e. The van der Waals surface area contributed by atoms with Gasteiger partial charge in [0.25, 0.3) is 0 Å². The second-order valence-electron chi connectivity index (χ2n) is 5.48. The van der Waals surface area contributed by atoms with Gasteiger partial charge in [0, 0.05) is 18.4 Å². The van der Waals surface area contributed by atoms with E-state index >= 15 is 0 Å². The summed E-state index contributed by atoms with van der Waals surface area (Å²) in [5.74, 6) is 0. The van der Waals surface area contributed by atoms with E-state index in [1.165, 1.54) is 32.1 Å². The molecular formula is C17H24ClN3. The summed E-state index contributed by atoms with van der Waals surface area (Å²) in [6.45, 7) is 4.46. The molecule has 1 heterocycles. The zero-order valence-electron chi connectivity index (χ0n) is 12.8. The number of para-hydroxylation sites is 1. The van der Waals surface area contributed by atoms with E-state index in [2.05, 4.69) is 30.3 Å². The summed E-state index contributed by atoms with van der Waals surface area (Å²) in [6, 6.07) is 8.26. The molecule has 21 heavy (non-hydrogen) atoms. The molecule has 1 aromatic carbocycles. The van der Waals surface area contributed by atoms with E-state index in [1.807, 2.05) is 29.1 Å². The summed E-state index contributed by atoms with van der Waals surface area (Å²) in [4.78, 5) is 0. The third-order valence-electron chi connectivity index (χ3n) is 3.61. The van der Waals surface area contributed by atoms with Crippen molar-refractivity contribution in [1.82, 2.24) is 9.78 Å². The van der Waals surface area contributed by atoms with Crippen molar-refractivity contribution in [2.75, 3.05) is 5.32 Å². The molecule has 114 valence electrons. The van der Waals surface area contributed by atoms with Gasteiger partial charge in [-0.1, -0.05) is 50.3 Å². The quantitative estimate of drug-likeness (QED) is 0.671. The van der Waals surface area contributed by atoms with Crippen molar-refractivity contribution < 1.29 is 0 Å². The van der Waals surface area contributed by atoms with Gasteiger partial charge in [-0.3, -0.25) is 0 Å². The van der Waals surface area contributed by atoms with Gasteiger partial charge in [-0.15, -0.1) is 0 Å². The first-order chi connectivity index (χ1) is 10.2. The van der Waals surface area contributed by atoms with Crippen molar-refractivity contribution in [2.45, 2.75) is 52.0 Å². The van der Waals surface area contributed by atoms with Crippen LogP contribution in [0.3, 0.4) is 0 Å². The predicted octanol–water partition coefficient (Wildman–Crippen LogP) is 5.30. The van der Waals surface area contributed by atoms with Gasteiger partial charge in [-0.2, -0.15) is 5.10 Å². The maximum atomic E-state index is 6.35. The molecule has 0 fully saturated rings. The Morgan fingerprint density at radius 2 is 2.10 bits per heavy atom. The molecule has 4 heteroatoms. The van der Waals surface area contributed by atoms with Gasteiger partial charge in [0.05, 0.1) is 10.7 Å². The Morgan fingerprint density at radius 1 is 1.24 bits per heavy atom. The Morgan fingerprint density at radius 3 is 2.81 bits per heavy atom. The van der Waals surface area contributed by atoms with Crippen LogP contribution in [0, 0.1) is 0 Å². The lowest BCUT2D eigenvalue weighted by molar-refractivity contribution is 0.593. The van der Waals surface area contributed by atoms with Gasteiger partial charge in [0.1, 0.15) is 5.69 Å². The van der Waals surface area contributed by atoms with E-state index in [0.29, 0.717) is 11.1 Å². The maximum Gasteiger partial charge on any atom is 0.106 e. The number of unbranched alkanes of at least 4 members (excludes halogenated alkanes) is 3. The Labute approximate surface area is 132 Å². The fourth-order valence-electron chi connectivity index (χ4n) is 2.48. The predicted molar refractivity (Wildman–Crippen MR) is 90.4 cm³/mol. The first-order valence-corrected chi connectivity index (χ1v) is 8.15. The lowest BCUT2D eigenvalue weighted by atomic mass is 10.1. The number of halogens is 1. The van der Waals surface area contributed by atoms with Crippen LogP contribution >= 0.6 is 11.6 Å². The molecule has 0 saturated heterocycles. The summed E-state index contributed by atoms with van der Waals surface area (Å²) in [5, 5.41) is 8.58. The average molecular weight is 306 g/mol. The Bertz CT molecular complexity index is 537. The lowest BCUT2D eigenvalue weighted by Crippen LogP contribution is -2.16. The molecule has 1 atom stereocenters. The van der Waals surface area contributed by atoms with Crippen LogP contribution in [0.1, 0.15) is 46.0 Å². The van der Waals surface area contributed by atoms with E-state index in [4.69, 9.17) is 11.6 Å². The molecule has 2 rings (SSSR count). The fraction of sp³-hybridized carbons (Fsp3) is 0.471. The van der Waals surface area contributed by atoms with Gasteiger partial charge in [-0.25, -0.2) is 4.68 Å². The molecule has 0 spiro atoms. The molecule has 0 aliphatic carbocycles. The third kappa shape index (κ3) is 4.50. The molecule has 2 aromatic rings. The molecule has 1 N–H and O–H groups in total. The van der Waals surface area contributed by atoms with E-state index < -0.39 is 0 Å². The zero-order chi connectivity index (χ0) is 15.1. The topological polar surface area (TPSA) is 29.9 Å². The molecule has 3 nitrogen and oxygen atoms in total. The second kappa shape index (κ2) is 8.08. The number of anilines is 1. The van der Waals surface area contributed by atoms with E-state index in [9.17, 15) is 0 Å². The van der Waals surface area contributed by atoms with Crippen LogP contribution in [0.25, 0.3) is 5.69 Å². The van der Waals surface area contributed by atoms with Crippen LogP contribution < -0.4 is 5.32 Å². The summed E-state index contributed by atoms with van der Waals surface area (Å²) in [6.07, 6.45) is 10.0. The van der Waals surface area contributed by atoms with Gasteiger partial charge >= 0.3 is 0 Å². The Hall–Kier alpha value is -1.48. The molecule has 0 bridgehead atoms. The summed E-state index contributed by atoms with van der Waals surface area (Å²) in [5.41, 5.74) is 1.96. The van der Waals surface area contributed by atoms with Crippen molar-refractivity contribution in [2.24, 2.45) is 0 Å². The minimum Gasteiger partial charge on any atom is -0.381 e. The SMILES string of the molecule is CCCCCCC(C)Nc1cccc(Cl)c1-n1cccn1. The van der Waals surface area contributed by atoms with Gasteiger partial charge in [-0.05, 0) is 31.5 Å². The zero-order valence-corrected chi connectivity index (χ0v) is 13.6. The van der Waals surface area contributed by atoms with Gasteiger partial charge in [0.2, 0.25) is 0 Å². The van der Waals surface area contributed by atoms with Crippen LogP contribution in [0.4, 0.5) is 5.69 Å². The number of nitrogens with one attached hydrogen (secondary N) is 1. The normalized spacial score (nSPS) is 12.3. The average Bonchev–Trinajstić information content (AvgIpc) is 2.97. The second-order valence-corrected chi connectivity index (χ2v) is 5.89. The number of hydrogen-bond donors (Lipinski definition) is 1. The van der Waals surface area contributed by atoms with E-state index in [0.717, 1.165) is 11.4 Å². The summed E-state index contributed by atoms with van der Waals surface area (Å²) in [7, 11) is 0. The van der Waals surface area contributed by atoms with Crippen LogP contribution in [-0.2, 0) is 0 Å². The van der Waals surface area contributed by atoms with E-state index in [1.54, 1.807) is 6.20 Å². The van der Waals surface area contributed by atoms with Crippen molar-refractivity contribution in [3.63, 3.8) is 0 Å². The summed E-state index contributed by atoms with van der Waals surface area (Å²) >= 11 is 6.35.